The normalized spacial score (nSPS) is 23.6. The standard InChI is InChI=1S/C18H31N5OS.HI/c1-5-19-16(20-11-13-12-25-17(21-13)23(3)4)22-14-10-15(24-6-2)18(14)8-7-9-18;/h12,14-15H,5-11H2,1-4H3,(H2,19,20,22);1H. The third-order valence-electron chi connectivity index (χ3n) is 5.41. The van der Waals surface area contributed by atoms with Crippen LogP contribution < -0.4 is 15.5 Å². The van der Waals surface area contributed by atoms with Crippen molar-refractivity contribution in [1.29, 1.82) is 0 Å². The van der Waals surface area contributed by atoms with Gasteiger partial charge in [0.2, 0.25) is 0 Å². The van der Waals surface area contributed by atoms with Crippen LogP contribution in [0.3, 0.4) is 0 Å². The van der Waals surface area contributed by atoms with Gasteiger partial charge in [-0.2, -0.15) is 0 Å². The molecule has 0 aromatic carbocycles. The number of rotatable bonds is 7. The molecule has 0 saturated heterocycles. The molecule has 1 spiro atoms. The molecule has 2 aliphatic carbocycles. The number of thiazole rings is 1. The second-order valence-electron chi connectivity index (χ2n) is 7.17. The van der Waals surface area contributed by atoms with Crippen LogP contribution in [0.1, 0.15) is 45.2 Å². The van der Waals surface area contributed by atoms with Gasteiger partial charge in [0.05, 0.1) is 18.3 Å². The second kappa shape index (κ2) is 9.54. The van der Waals surface area contributed by atoms with Crippen molar-refractivity contribution in [2.24, 2.45) is 10.4 Å². The molecule has 8 heteroatoms. The summed E-state index contributed by atoms with van der Waals surface area (Å²) in [6.45, 7) is 6.47. The van der Waals surface area contributed by atoms with Crippen molar-refractivity contribution in [3.63, 3.8) is 0 Å². The molecule has 2 atom stereocenters. The number of aromatic nitrogens is 1. The third-order valence-corrected chi connectivity index (χ3v) is 6.47. The summed E-state index contributed by atoms with van der Waals surface area (Å²) in [5.41, 5.74) is 1.36. The predicted molar refractivity (Wildman–Crippen MR) is 120 cm³/mol. The van der Waals surface area contributed by atoms with E-state index in [0.29, 0.717) is 24.1 Å². The molecule has 2 fully saturated rings. The van der Waals surface area contributed by atoms with Crippen molar-refractivity contribution in [3.8, 4) is 0 Å². The Morgan fingerprint density at radius 2 is 2.19 bits per heavy atom. The number of nitrogens with one attached hydrogen (secondary N) is 2. The van der Waals surface area contributed by atoms with Crippen molar-refractivity contribution in [1.82, 2.24) is 15.6 Å². The Kier molecular flexibility index (Phi) is 7.96. The summed E-state index contributed by atoms with van der Waals surface area (Å²) < 4.78 is 5.95. The SMILES string of the molecule is CCNC(=NCc1csc(N(C)C)n1)NC1CC(OCC)C12CCC2.I. The van der Waals surface area contributed by atoms with Gasteiger partial charge in [0.25, 0.3) is 0 Å². The van der Waals surface area contributed by atoms with E-state index >= 15 is 0 Å². The minimum atomic E-state index is 0. The minimum Gasteiger partial charge on any atom is -0.378 e. The number of nitrogens with zero attached hydrogens (tertiary/aromatic N) is 3. The first-order valence-corrected chi connectivity index (χ1v) is 10.2. The number of guanidine groups is 1. The summed E-state index contributed by atoms with van der Waals surface area (Å²) in [6.07, 6.45) is 5.37. The van der Waals surface area contributed by atoms with E-state index in [0.717, 1.165) is 36.4 Å². The molecule has 1 heterocycles. The number of hydrogen-bond acceptors (Lipinski definition) is 5. The van der Waals surface area contributed by atoms with E-state index in [9.17, 15) is 0 Å². The summed E-state index contributed by atoms with van der Waals surface area (Å²) in [5.74, 6) is 0.896. The lowest BCUT2D eigenvalue weighted by molar-refractivity contribution is -0.168. The molecule has 0 bridgehead atoms. The van der Waals surface area contributed by atoms with E-state index in [2.05, 4.69) is 34.8 Å². The molecule has 6 nitrogen and oxygen atoms in total. The molecule has 0 aliphatic heterocycles. The highest BCUT2D eigenvalue weighted by Crippen LogP contribution is 2.57. The van der Waals surface area contributed by atoms with E-state index in [1.165, 1.54) is 19.3 Å². The van der Waals surface area contributed by atoms with Crippen molar-refractivity contribution in [2.45, 2.75) is 58.2 Å². The van der Waals surface area contributed by atoms with Gasteiger partial charge < -0.3 is 20.3 Å². The Morgan fingerprint density at radius 1 is 1.42 bits per heavy atom. The quantitative estimate of drug-likeness (QED) is 0.347. The molecule has 0 radical (unpaired) electrons. The summed E-state index contributed by atoms with van der Waals surface area (Å²) >= 11 is 1.66. The van der Waals surface area contributed by atoms with E-state index in [1.54, 1.807) is 11.3 Å². The van der Waals surface area contributed by atoms with E-state index in [1.807, 2.05) is 19.0 Å². The summed E-state index contributed by atoms with van der Waals surface area (Å²) in [6, 6.07) is 0.475. The lowest BCUT2D eigenvalue weighted by Gasteiger charge is -2.61. The number of aliphatic imine (C=N–C) groups is 1. The molecular weight excluding hydrogens is 461 g/mol. The minimum absolute atomic E-state index is 0. The Labute approximate surface area is 178 Å². The van der Waals surface area contributed by atoms with Gasteiger partial charge in [-0.05, 0) is 33.1 Å². The van der Waals surface area contributed by atoms with Crippen LogP contribution in [0.15, 0.2) is 10.4 Å². The molecule has 2 saturated carbocycles. The summed E-state index contributed by atoms with van der Waals surface area (Å²) in [5, 5.41) is 10.1. The van der Waals surface area contributed by atoms with Gasteiger partial charge in [-0.25, -0.2) is 9.98 Å². The fraction of sp³-hybridized carbons (Fsp3) is 0.778. The third kappa shape index (κ3) is 4.44. The predicted octanol–water partition coefficient (Wildman–Crippen LogP) is 3.23. The van der Waals surface area contributed by atoms with Crippen LogP contribution in [-0.4, -0.2) is 50.3 Å². The van der Waals surface area contributed by atoms with Gasteiger partial charge in [-0.15, -0.1) is 35.3 Å². The zero-order valence-electron chi connectivity index (χ0n) is 16.2. The van der Waals surface area contributed by atoms with Crippen LogP contribution >= 0.6 is 35.3 Å². The summed E-state index contributed by atoms with van der Waals surface area (Å²) in [7, 11) is 4.03. The average Bonchev–Trinajstić information content (AvgIpc) is 2.99. The molecule has 1 aromatic rings. The maximum Gasteiger partial charge on any atom is 0.191 e. The van der Waals surface area contributed by atoms with Crippen molar-refractivity contribution in [2.75, 3.05) is 32.1 Å². The van der Waals surface area contributed by atoms with E-state index in [-0.39, 0.29) is 24.0 Å². The van der Waals surface area contributed by atoms with Gasteiger partial charge in [0.1, 0.15) is 0 Å². The largest absolute Gasteiger partial charge is 0.378 e. The highest BCUT2D eigenvalue weighted by molar-refractivity contribution is 14.0. The Morgan fingerprint density at radius 3 is 2.73 bits per heavy atom. The van der Waals surface area contributed by atoms with Gasteiger partial charge in [-0.3, -0.25) is 0 Å². The molecular formula is C18H32IN5OS. The fourth-order valence-corrected chi connectivity index (χ4v) is 4.61. The average molecular weight is 493 g/mol. The van der Waals surface area contributed by atoms with Crippen LogP contribution in [0.4, 0.5) is 5.13 Å². The molecule has 148 valence electrons. The summed E-state index contributed by atoms with van der Waals surface area (Å²) in [4.78, 5) is 11.4. The molecule has 0 amide bonds. The first-order valence-electron chi connectivity index (χ1n) is 9.37. The monoisotopic (exact) mass is 493 g/mol. The van der Waals surface area contributed by atoms with Crippen LogP contribution in [-0.2, 0) is 11.3 Å². The molecule has 2 unspecified atom stereocenters. The first kappa shape index (κ1) is 21.7. The lowest BCUT2D eigenvalue weighted by Crippen LogP contribution is -2.68. The van der Waals surface area contributed by atoms with Crippen molar-refractivity contribution in [3.05, 3.63) is 11.1 Å². The second-order valence-corrected chi connectivity index (χ2v) is 8.01. The van der Waals surface area contributed by atoms with Crippen molar-refractivity contribution < 1.29 is 4.74 Å². The van der Waals surface area contributed by atoms with Crippen molar-refractivity contribution >= 4 is 46.4 Å². The Balaban J connectivity index is 0.00000243. The van der Waals surface area contributed by atoms with Crippen LogP contribution in [0.2, 0.25) is 0 Å². The van der Waals surface area contributed by atoms with Crippen LogP contribution in [0.25, 0.3) is 0 Å². The highest BCUT2D eigenvalue weighted by Gasteiger charge is 2.59. The maximum absolute atomic E-state index is 5.95. The molecule has 3 rings (SSSR count). The lowest BCUT2D eigenvalue weighted by atomic mass is 9.51. The zero-order chi connectivity index (χ0) is 17.9. The van der Waals surface area contributed by atoms with Gasteiger partial charge in [0.15, 0.2) is 11.1 Å². The molecule has 26 heavy (non-hydrogen) atoms. The fourth-order valence-electron chi connectivity index (χ4n) is 3.86. The number of halogens is 1. The van der Waals surface area contributed by atoms with Gasteiger partial charge in [0, 0.05) is 44.1 Å². The topological polar surface area (TPSA) is 61.8 Å². The van der Waals surface area contributed by atoms with E-state index < -0.39 is 0 Å². The number of anilines is 1. The van der Waals surface area contributed by atoms with Crippen LogP contribution in [0, 0.1) is 5.41 Å². The Bertz CT molecular complexity index is 602. The van der Waals surface area contributed by atoms with Gasteiger partial charge in [-0.1, -0.05) is 6.42 Å². The zero-order valence-corrected chi connectivity index (χ0v) is 19.4. The Hall–Kier alpha value is -0.610. The smallest absolute Gasteiger partial charge is 0.191 e. The maximum atomic E-state index is 5.95. The number of hydrogen-bond donors (Lipinski definition) is 2. The van der Waals surface area contributed by atoms with E-state index in [4.69, 9.17) is 9.73 Å². The molecule has 2 aliphatic rings. The first-order chi connectivity index (χ1) is 12.1. The van der Waals surface area contributed by atoms with Gasteiger partial charge >= 0.3 is 0 Å². The molecule has 2 N–H and O–H groups in total. The molecule has 1 aromatic heterocycles. The number of ether oxygens (including phenoxy) is 1. The van der Waals surface area contributed by atoms with Crippen LogP contribution in [0.5, 0.6) is 0 Å². The highest BCUT2D eigenvalue weighted by atomic mass is 127.